The largest absolute Gasteiger partial charge is 0.395 e. The zero-order chi connectivity index (χ0) is 12.3. The average molecular weight is 299 g/mol. The molecule has 4 nitrogen and oxygen atoms in total. The molecule has 1 aromatic carbocycles. The Bertz CT molecular complexity index is 390. The molecule has 0 unspecified atom stereocenters. The number of aliphatic hydroxyl groups is 1. The fraction of sp³-hybridized carbons (Fsp3) is 0.417. The van der Waals surface area contributed by atoms with Crippen molar-refractivity contribution in [1.82, 2.24) is 4.90 Å². The summed E-state index contributed by atoms with van der Waals surface area (Å²) in [4.78, 5) is 13.7. The summed E-state index contributed by atoms with van der Waals surface area (Å²) in [5, 5.41) is 11.8. The van der Waals surface area contributed by atoms with Crippen LogP contribution in [0.2, 0.25) is 0 Å². The van der Waals surface area contributed by atoms with E-state index in [2.05, 4.69) is 21.2 Å². The van der Waals surface area contributed by atoms with E-state index in [1.165, 1.54) is 0 Å². The van der Waals surface area contributed by atoms with Crippen LogP contribution in [-0.2, 0) is 0 Å². The molecule has 0 aliphatic heterocycles. The van der Waals surface area contributed by atoms with Crippen molar-refractivity contribution in [3.05, 3.63) is 28.7 Å². The van der Waals surface area contributed by atoms with Crippen LogP contribution in [0.5, 0.6) is 0 Å². The molecule has 0 bridgehead atoms. The number of amides is 2. The Morgan fingerprint density at radius 2 is 2.06 bits per heavy atom. The summed E-state index contributed by atoms with van der Waals surface area (Å²) in [5.74, 6) is 0. The number of hydrogen-bond donors (Lipinski definition) is 2. The van der Waals surface area contributed by atoms with E-state index in [0.717, 1.165) is 23.0 Å². The van der Waals surface area contributed by atoms with Gasteiger partial charge < -0.3 is 15.3 Å². The Labute approximate surface area is 109 Å². The second kappa shape index (κ2) is 5.51. The van der Waals surface area contributed by atoms with E-state index in [1.807, 2.05) is 24.3 Å². The molecule has 0 atom stereocenters. The molecule has 0 radical (unpaired) electrons. The predicted molar refractivity (Wildman–Crippen MR) is 70.0 cm³/mol. The van der Waals surface area contributed by atoms with Gasteiger partial charge in [0.15, 0.2) is 0 Å². The number of anilines is 1. The lowest BCUT2D eigenvalue weighted by atomic mass is 10.3. The Morgan fingerprint density at radius 1 is 1.41 bits per heavy atom. The van der Waals surface area contributed by atoms with Gasteiger partial charge in [-0.25, -0.2) is 4.79 Å². The van der Waals surface area contributed by atoms with Crippen molar-refractivity contribution in [3.8, 4) is 0 Å². The quantitative estimate of drug-likeness (QED) is 0.897. The highest BCUT2D eigenvalue weighted by Crippen LogP contribution is 2.27. The number of hydrogen-bond acceptors (Lipinski definition) is 2. The van der Waals surface area contributed by atoms with Crippen molar-refractivity contribution < 1.29 is 9.90 Å². The van der Waals surface area contributed by atoms with Gasteiger partial charge in [0.25, 0.3) is 0 Å². The van der Waals surface area contributed by atoms with Gasteiger partial charge in [0.2, 0.25) is 0 Å². The Kier molecular flexibility index (Phi) is 4.02. The van der Waals surface area contributed by atoms with Crippen LogP contribution in [0.1, 0.15) is 12.8 Å². The number of halogens is 1. The molecule has 1 aromatic rings. The van der Waals surface area contributed by atoms with E-state index in [9.17, 15) is 4.79 Å². The third-order valence-corrected chi connectivity index (χ3v) is 3.21. The summed E-state index contributed by atoms with van der Waals surface area (Å²) in [6.07, 6.45) is 2.07. The number of benzene rings is 1. The molecule has 0 spiro atoms. The van der Waals surface area contributed by atoms with Crippen LogP contribution >= 0.6 is 15.9 Å². The van der Waals surface area contributed by atoms with Crippen molar-refractivity contribution in [1.29, 1.82) is 0 Å². The minimum absolute atomic E-state index is 0.00422. The topological polar surface area (TPSA) is 52.6 Å². The molecule has 0 aromatic heterocycles. The minimum atomic E-state index is -0.135. The van der Waals surface area contributed by atoms with Crippen LogP contribution in [0.4, 0.5) is 10.5 Å². The first-order valence-corrected chi connectivity index (χ1v) is 6.44. The third-order valence-electron chi connectivity index (χ3n) is 2.68. The maximum atomic E-state index is 12.0. The van der Waals surface area contributed by atoms with Crippen molar-refractivity contribution in [2.75, 3.05) is 18.5 Å². The van der Waals surface area contributed by atoms with Gasteiger partial charge in [-0.1, -0.05) is 15.9 Å². The molecule has 1 aliphatic rings. The first-order chi connectivity index (χ1) is 8.20. The molecule has 1 aliphatic carbocycles. The second-order valence-corrected chi connectivity index (χ2v) is 5.00. The van der Waals surface area contributed by atoms with E-state index < -0.39 is 0 Å². The van der Waals surface area contributed by atoms with Crippen LogP contribution in [0, 0.1) is 0 Å². The van der Waals surface area contributed by atoms with Crippen molar-refractivity contribution in [2.45, 2.75) is 18.9 Å². The number of nitrogens with one attached hydrogen (secondary N) is 1. The summed E-state index contributed by atoms with van der Waals surface area (Å²) < 4.78 is 0.977. The van der Waals surface area contributed by atoms with E-state index in [1.54, 1.807) is 4.90 Å². The fourth-order valence-electron chi connectivity index (χ4n) is 1.67. The van der Waals surface area contributed by atoms with Gasteiger partial charge >= 0.3 is 6.03 Å². The molecule has 1 saturated carbocycles. The Hall–Kier alpha value is -1.07. The summed E-state index contributed by atoms with van der Waals surface area (Å²) in [7, 11) is 0. The molecule has 92 valence electrons. The zero-order valence-electron chi connectivity index (χ0n) is 9.40. The first kappa shape index (κ1) is 12.4. The normalized spacial score (nSPS) is 14.5. The van der Waals surface area contributed by atoms with Crippen molar-refractivity contribution in [2.24, 2.45) is 0 Å². The highest BCUT2D eigenvalue weighted by atomic mass is 79.9. The number of carbonyl (C=O) groups is 1. The van der Waals surface area contributed by atoms with E-state index in [-0.39, 0.29) is 12.6 Å². The molecule has 2 N–H and O–H groups in total. The van der Waals surface area contributed by atoms with Gasteiger partial charge in [-0.05, 0) is 37.1 Å². The Morgan fingerprint density at radius 3 is 2.59 bits per heavy atom. The lowest BCUT2D eigenvalue weighted by Crippen LogP contribution is -2.38. The summed E-state index contributed by atoms with van der Waals surface area (Å²) in [6, 6.07) is 7.60. The number of nitrogens with zero attached hydrogens (tertiary/aromatic N) is 1. The smallest absolute Gasteiger partial charge is 0.322 e. The van der Waals surface area contributed by atoms with Gasteiger partial charge in [0.1, 0.15) is 0 Å². The summed E-state index contributed by atoms with van der Waals surface area (Å²) in [6.45, 7) is 0.400. The minimum Gasteiger partial charge on any atom is -0.395 e. The van der Waals surface area contributed by atoms with Gasteiger partial charge in [-0.15, -0.1) is 0 Å². The average Bonchev–Trinajstić information content (AvgIpc) is 3.13. The fourth-order valence-corrected chi connectivity index (χ4v) is 1.94. The van der Waals surface area contributed by atoms with Crippen molar-refractivity contribution in [3.63, 3.8) is 0 Å². The van der Waals surface area contributed by atoms with Crippen LogP contribution in [0.25, 0.3) is 0 Å². The van der Waals surface area contributed by atoms with Crippen LogP contribution in [0.3, 0.4) is 0 Å². The predicted octanol–water partition coefficient (Wildman–Crippen LogP) is 2.44. The van der Waals surface area contributed by atoms with E-state index >= 15 is 0 Å². The molecule has 1 fully saturated rings. The molecule has 0 saturated heterocycles. The number of urea groups is 1. The molecular weight excluding hydrogens is 284 g/mol. The lowest BCUT2D eigenvalue weighted by Gasteiger charge is -2.21. The first-order valence-electron chi connectivity index (χ1n) is 5.65. The standard InChI is InChI=1S/C12H15BrN2O2/c13-9-1-3-10(4-2-9)14-12(17)15(7-8-16)11-5-6-11/h1-4,11,16H,5-8H2,(H,14,17). The molecule has 0 heterocycles. The maximum absolute atomic E-state index is 12.0. The number of aliphatic hydroxyl groups excluding tert-OH is 1. The highest BCUT2D eigenvalue weighted by Gasteiger charge is 2.32. The number of rotatable bonds is 4. The molecule has 17 heavy (non-hydrogen) atoms. The molecular formula is C12H15BrN2O2. The van der Waals surface area contributed by atoms with E-state index in [4.69, 9.17) is 5.11 Å². The summed E-state index contributed by atoms with van der Waals surface area (Å²) in [5.41, 5.74) is 0.766. The van der Waals surface area contributed by atoms with Crippen molar-refractivity contribution >= 4 is 27.6 Å². The van der Waals surface area contributed by atoms with Gasteiger partial charge in [-0.2, -0.15) is 0 Å². The van der Waals surface area contributed by atoms with Crippen LogP contribution in [-0.4, -0.2) is 35.2 Å². The third kappa shape index (κ3) is 3.44. The monoisotopic (exact) mass is 298 g/mol. The number of carbonyl (C=O) groups excluding carboxylic acids is 1. The lowest BCUT2D eigenvalue weighted by molar-refractivity contribution is 0.185. The van der Waals surface area contributed by atoms with Gasteiger partial charge in [0.05, 0.1) is 6.61 Å². The second-order valence-electron chi connectivity index (χ2n) is 4.09. The van der Waals surface area contributed by atoms with Crippen LogP contribution < -0.4 is 5.32 Å². The van der Waals surface area contributed by atoms with Gasteiger partial charge in [0, 0.05) is 22.7 Å². The van der Waals surface area contributed by atoms with E-state index in [0.29, 0.717) is 12.6 Å². The molecule has 2 rings (SSSR count). The maximum Gasteiger partial charge on any atom is 0.322 e. The Balaban J connectivity index is 1.96. The SMILES string of the molecule is O=C(Nc1ccc(Br)cc1)N(CCO)C1CC1. The highest BCUT2D eigenvalue weighted by molar-refractivity contribution is 9.10. The molecule has 2 amide bonds. The summed E-state index contributed by atoms with van der Waals surface area (Å²) >= 11 is 3.34. The molecule has 5 heteroatoms. The van der Waals surface area contributed by atoms with Gasteiger partial charge in [-0.3, -0.25) is 0 Å². The zero-order valence-corrected chi connectivity index (χ0v) is 11.0. The van der Waals surface area contributed by atoms with Crippen LogP contribution in [0.15, 0.2) is 28.7 Å².